The highest BCUT2D eigenvalue weighted by molar-refractivity contribution is 5.42. The molecule has 1 aliphatic carbocycles. The normalized spacial score (nSPS) is 14.7. The number of rotatable bonds is 7. The third-order valence-electron chi connectivity index (χ3n) is 2.99. The van der Waals surface area contributed by atoms with Crippen molar-refractivity contribution in [2.75, 3.05) is 20.3 Å². The SMILES string of the molecule is CCOc1cc(CNCC2CC2)ccc1OC. The lowest BCUT2D eigenvalue weighted by atomic mass is 10.2. The predicted molar refractivity (Wildman–Crippen MR) is 68.6 cm³/mol. The van der Waals surface area contributed by atoms with E-state index in [2.05, 4.69) is 17.4 Å². The zero-order chi connectivity index (χ0) is 12.1. The van der Waals surface area contributed by atoms with E-state index < -0.39 is 0 Å². The molecule has 0 unspecified atom stereocenters. The summed E-state index contributed by atoms with van der Waals surface area (Å²) >= 11 is 0. The molecule has 0 radical (unpaired) electrons. The van der Waals surface area contributed by atoms with Crippen molar-refractivity contribution >= 4 is 0 Å². The maximum Gasteiger partial charge on any atom is 0.161 e. The number of hydrogen-bond acceptors (Lipinski definition) is 3. The van der Waals surface area contributed by atoms with Crippen molar-refractivity contribution in [3.8, 4) is 11.5 Å². The van der Waals surface area contributed by atoms with Crippen LogP contribution in [0.4, 0.5) is 0 Å². The number of hydrogen-bond donors (Lipinski definition) is 1. The Labute approximate surface area is 103 Å². The van der Waals surface area contributed by atoms with E-state index in [9.17, 15) is 0 Å². The Hall–Kier alpha value is -1.22. The van der Waals surface area contributed by atoms with Gasteiger partial charge in [0.1, 0.15) is 0 Å². The molecule has 1 aliphatic rings. The monoisotopic (exact) mass is 235 g/mol. The third kappa shape index (κ3) is 3.63. The smallest absolute Gasteiger partial charge is 0.161 e. The summed E-state index contributed by atoms with van der Waals surface area (Å²) in [4.78, 5) is 0. The molecule has 1 N–H and O–H groups in total. The van der Waals surface area contributed by atoms with Crippen molar-refractivity contribution in [3.63, 3.8) is 0 Å². The molecule has 2 rings (SSSR count). The molecule has 1 fully saturated rings. The first kappa shape index (κ1) is 12.2. The van der Waals surface area contributed by atoms with Crippen LogP contribution in [-0.2, 0) is 6.54 Å². The van der Waals surface area contributed by atoms with Crippen LogP contribution in [0, 0.1) is 5.92 Å². The fraction of sp³-hybridized carbons (Fsp3) is 0.571. The molecule has 94 valence electrons. The summed E-state index contributed by atoms with van der Waals surface area (Å²) in [7, 11) is 1.67. The van der Waals surface area contributed by atoms with Crippen molar-refractivity contribution < 1.29 is 9.47 Å². The summed E-state index contributed by atoms with van der Waals surface area (Å²) in [5.74, 6) is 2.55. The quantitative estimate of drug-likeness (QED) is 0.788. The topological polar surface area (TPSA) is 30.5 Å². The molecule has 1 aromatic rings. The molecule has 0 spiro atoms. The van der Waals surface area contributed by atoms with Crippen LogP contribution >= 0.6 is 0 Å². The van der Waals surface area contributed by atoms with Crippen molar-refractivity contribution in [2.24, 2.45) is 5.92 Å². The number of ether oxygens (including phenoxy) is 2. The number of benzene rings is 1. The van der Waals surface area contributed by atoms with E-state index in [1.165, 1.54) is 18.4 Å². The molecule has 17 heavy (non-hydrogen) atoms. The van der Waals surface area contributed by atoms with Crippen LogP contribution in [0.1, 0.15) is 25.3 Å². The standard InChI is InChI=1S/C14H21NO2/c1-3-17-14-8-12(6-7-13(14)16-2)10-15-9-11-4-5-11/h6-8,11,15H,3-5,9-10H2,1-2H3. The Morgan fingerprint density at radius 1 is 1.29 bits per heavy atom. The molecule has 0 aliphatic heterocycles. The van der Waals surface area contributed by atoms with Gasteiger partial charge >= 0.3 is 0 Å². The molecular formula is C14H21NO2. The summed E-state index contributed by atoms with van der Waals surface area (Å²) in [6, 6.07) is 6.11. The second-order valence-corrected chi connectivity index (χ2v) is 4.49. The van der Waals surface area contributed by atoms with Gasteiger partial charge in [0.25, 0.3) is 0 Å². The maximum atomic E-state index is 5.56. The van der Waals surface area contributed by atoms with Gasteiger partial charge in [-0.05, 0) is 49.9 Å². The van der Waals surface area contributed by atoms with Gasteiger partial charge in [0, 0.05) is 6.54 Å². The second-order valence-electron chi connectivity index (χ2n) is 4.49. The van der Waals surface area contributed by atoms with Gasteiger partial charge in [-0.1, -0.05) is 6.07 Å². The Morgan fingerprint density at radius 2 is 2.12 bits per heavy atom. The highest BCUT2D eigenvalue weighted by atomic mass is 16.5. The molecule has 0 amide bonds. The zero-order valence-corrected chi connectivity index (χ0v) is 10.7. The molecular weight excluding hydrogens is 214 g/mol. The average Bonchev–Trinajstić information content (AvgIpc) is 3.14. The van der Waals surface area contributed by atoms with E-state index in [-0.39, 0.29) is 0 Å². The van der Waals surface area contributed by atoms with Gasteiger partial charge in [-0.2, -0.15) is 0 Å². The number of nitrogens with one attached hydrogen (secondary N) is 1. The summed E-state index contributed by atoms with van der Waals surface area (Å²) < 4.78 is 10.8. The molecule has 0 atom stereocenters. The highest BCUT2D eigenvalue weighted by Gasteiger charge is 2.20. The lowest BCUT2D eigenvalue weighted by Crippen LogP contribution is -2.16. The Bertz CT molecular complexity index is 361. The van der Waals surface area contributed by atoms with E-state index in [4.69, 9.17) is 9.47 Å². The van der Waals surface area contributed by atoms with E-state index in [0.29, 0.717) is 6.61 Å². The largest absolute Gasteiger partial charge is 0.493 e. The Morgan fingerprint density at radius 3 is 2.76 bits per heavy atom. The Kier molecular flexibility index (Phi) is 4.26. The van der Waals surface area contributed by atoms with Crippen LogP contribution in [0.3, 0.4) is 0 Å². The molecule has 3 heteroatoms. The van der Waals surface area contributed by atoms with Gasteiger partial charge in [0.05, 0.1) is 13.7 Å². The average molecular weight is 235 g/mol. The first-order valence-corrected chi connectivity index (χ1v) is 6.34. The van der Waals surface area contributed by atoms with Crippen molar-refractivity contribution in [2.45, 2.75) is 26.3 Å². The molecule has 1 saturated carbocycles. The van der Waals surface area contributed by atoms with Gasteiger partial charge < -0.3 is 14.8 Å². The van der Waals surface area contributed by atoms with Crippen LogP contribution in [0.2, 0.25) is 0 Å². The van der Waals surface area contributed by atoms with Crippen LogP contribution in [0.15, 0.2) is 18.2 Å². The fourth-order valence-corrected chi connectivity index (χ4v) is 1.84. The maximum absolute atomic E-state index is 5.56. The van der Waals surface area contributed by atoms with Crippen LogP contribution < -0.4 is 14.8 Å². The van der Waals surface area contributed by atoms with Crippen molar-refractivity contribution in [1.82, 2.24) is 5.32 Å². The zero-order valence-electron chi connectivity index (χ0n) is 10.7. The van der Waals surface area contributed by atoms with Crippen LogP contribution in [0.5, 0.6) is 11.5 Å². The van der Waals surface area contributed by atoms with Crippen molar-refractivity contribution in [3.05, 3.63) is 23.8 Å². The predicted octanol–water partition coefficient (Wildman–Crippen LogP) is 2.59. The minimum Gasteiger partial charge on any atom is -0.493 e. The van der Waals surface area contributed by atoms with Gasteiger partial charge in [0.15, 0.2) is 11.5 Å². The second kappa shape index (κ2) is 5.92. The molecule has 0 bridgehead atoms. The number of methoxy groups -OCH3 is 1. The third-order valence-corrected chi connectivity index (χ3v) is 2.99. The van der Waals surface area contributed by atoms with Gasteiger partial charge in [-0.25, -0.2) is 0 Å². The van der Waals surface area contributed by atoms with E-state index in [1.54, 1.807) is 7.11 Å². The minimum absolute atomic E-state index is 0.662. The van der Waals surface area contributed by atoms with E-state index in [1.807, 2.05) is 13.0 Å². The molecule has 3 nitrogen and oxygen atoms in total. The lowest BCUT2D eigenvalue weighted by molar-refractivity contribution is 0.310. The summed E-state index contributed by atoms with van der Waals surface area (Å²) in [5, 5.41) is 3.47. The first-order valence-electron chi connectivity index (χ1n) is 6.34. The lowest BCUT2D eigenvalue weighted by Gasteiger charge is -2.11. The molecule has 1 aromatic carbocycles. The Balaban J connectivity index is 1.93. The van der Waals surface area contributed by atoms with Gasteiger partial charge in [-0.3, -0.25) is 0 Å². The summed E-state index contributed by atoms with van der Waals surface area (Å²) in [6.07, 6.45) is 2.78. The highest BCUT2D eigenvalue weighted by Crippen LogP contribution is 2.29. The van der Waals surface area contributed by atoms with E-state index >= 15 is 0 Å². The minimum atomic E-state index is 0.662. The van der Waals surface area contributed by atoms with Crippen LogP contribution in [-0.4, -0.2) is 20.3 Å². The molecule has 0 aromatic heterocycles. The molecule has 0 saturated heterocycles. The summed E-state index contributed by atoms with van der Waals surface area (Å²) in [5.41, 5.74) is 1.25. The van der Waals surface area contributed by atoms with Gasteiger partial charge in [-0.15, -0.1) is 0 Å². The molecule has 0 heterocycles. The fourth-order valence-electron chi connectivity index (χ4n) is 1.84. The van der Waals surface area contributed by atoms with Crippen LogP contribution in [0.25, 0.3) is 0 Å². The van der Waals surface area contributed by atoms with Gasteiger partial charge in [0.2, 0.25) is 0 Å². The van der Waals surface area contributed by atoms with Crippen molar-refractivity contribution in [1.29, 1.82) is 0 Å². The summed E-state index contributed by atoms with van der Waals surface area (Å²) in [6.45, 7) is 4.68. The van der Waals surface area contributed by atoms with E-state index in [0.717, 1.165) is 30.5 Å². The first-order chi connectivity index (χ1) is 8.33.